The van der Waals surface area contributed by atoms with Crippen LogP contribution in [0, 0.1) is 0 Å². The lowest BCUT2D eigenvalue weighted by Crippen LogP contribution is -2.03. The van der Waals surface area contributed by atoms with E-state index in [1.54, 1.807) is 18.3 Å². The third kappa shape index (κ3) is 1.03. The summed E-state index contributed by atoms with van der Waals surface area (Å²) in [6, 6.07) is 4.78. The average Bonchev–Trinajstić information content (AvgIpc) is 2.03. The molecule has 4 heteroatoms. The Labute approximate surface area is 68.1 Å². The topological polar surface area (TPSA) is 71.8 Å². The molecule has 0 atom stereocenters. The predicted molar refractivity (Wildman–Crippen MR) is 46.8 cm³/mol. The third-order valence-electron chi connectivity index (χ3n) is 1.59. The summed E-state index contributed by atoms with van der Waals surface area (Å²) in [4.78, 5) is 17.5. The van der Waals surface area contributed by atoms with Gasteiger partial charge in [0.2, 0.25) is 5.56 Å². The Morgan fingerprint density at radius 2 is 2.25 bits per heavy atom. The number of nitrogens with one attached hydrogen (secondary N) is 1. The zero-order chi connectivity index (χ0) is 8.55. The second-order valence-electron chi connectivity index (χ2n) is 2.52. The average molecular weight is 161 g/mol. The molecule has 0 aliphatic heterocycles. The van der Waals surface area contributed by atoms with E-state index in [2.05, 4.69) is 9.97 Å². The number of H-pyrrole nitrogens is 1. The Morgan fingerprint density at radius 3 is 3.08 bits per heavy atom. The summed E-state index contributed by atoms with van der Waals surface area (Å²) in [6.07, 6.45) is 1.56. The lowest BCUT2D eigenvalue weighted by molar-refractivity contribution is 1.27. The summed E-state index contributed by atoms with van der Waals surface area (Å²) in [6.45, 7) is 0. The van der Waals surface area contributed by atoms with E-state index in [4.69, 9.17) is 5.73 Å². The van der Waals surface area contributed by atoms with E-state index in [0.29, 0.717) is 11.2 Å². The van der Waals surface area contributed by atoms with Crippen molar-refractivity contribution in [1.29, 1.82) is 0 Å². The first kappa shape index (κ1) is 6.84. The van der Waals surface area contributed by atoms with Gasteiger partial charge in [-0.05, 0) is 12.1 Å². The molecule has 0 saturated carbocycles. The first-order valence-electron chi connectivity index (χ1n) is 3.50. The van der Waals surface area contributed by atoms with Crippen molar-refractivity contribution in [2.45, 2.75) is 0 Å². The van der Waals surface area contributed by atoms with E-state index in [-0.39, 0.29) is 5.56 Å². The number of hydrogen-bond acceptors (Lipinski definition) is 3. The highest BCUT2D eigenvalue weighted by Gasteiger charge is 1.94. The number of rotatable bonds is 0. The molecule has 2 heterocycles. The zero-order valence-electron chi connectivity index (χ0n) is 6.24. The molecule has 2 aromatic rings. The summed E-state index contributed by atoms with van der Waals surface area (Å²) < 4.78 is 0. The molecule has 0 aliphatic carbocycles. The normalized spacial score (nSPS) is 10.3. The van der Waals surface area contributed by atoms with Crippen molar-refractivity contribution in [3.63, 3.8) is 0 Å². The summed E-state index contributed by atoms with van der Waals surface area (Å²) in [5, 5.41) is 0. The zero-order valence-corrected chi connectivity index (χ0v) is 6.24. The summed E-state index contributed by atoms with van der Waals surface area (Å²) >= 11 is 0. The SMILES string of the molecule is Nc1cnc2ccc(=O)[nH]c2c1. The predicted octanol–water partition coefficient (Wildman–Crippen LogP) is 0.505. The largest absolute Gasteiger partial charge is 0.397 e. The van der Waals surface area contributed by atoms with Crippen LogP contribution in [0.2, 0.25) is 0 Å². The van der Waals surface area contributed by atoms with Gasteiger partial charge in [-0.25, -0.2) is 0 Å². The smallest absolute Gasteiger partial charge is 0.248 e. The van der Waals surface area contributed by atoms with E-state index >= 15 is 0 Å². The number of fused-ring (bicyclic) bond motifs is 1. The van der Waals surface area contributed by atoms with Gasteiger partial charge < -0.3 is 10.7 Å². The van der Waals surface area contributed by atoms with Gasteiger partial charge in [-0.15, -0.1) is 0 Å². The van der Waals surface area contributed by atoms with Crippen LogP contribution < -0.4 is 11.3 Å². The monoisotopic (exact) mass is 161 g/mol. The van der Waals surface area contributed by atoms with Crippen LogP contribution in [0.5, 0.6) is 0 Å². The number of anilines is 1. The van der Waals surface area contributed by atoms with Crippen molar-refractivity contribution in [1.82, 2.24) is 9.97 Å². The Bertz CT molecular complexity index is 475. The molecule has 60 valence electrons. The molecule has 0 aromatic carbocycles. The number of nitrogens with zero attached hydrogens (tertiary/aromatic N) is 1. The van der Waals surface area contributed by atoms with Crippen molar-refractivity contribution < 1.29 is 0 Å². The fourth-order valence-electron chi connectivity index (χ4n) is 1.05. The van der Waals surface area contributed by atoms with Gasteiger partial charge in [-0.1, -0.05) is 0 Å². The second-order valence-corrected chi connectivity index (χ2v) is 2.52. The summed E-state index contributed by atoms with van der Waals surface area (Å²) in [5.74, 6) is 0. The van der Waals surface area contributed by atoms with E-state index in [9.17, 15) is 4.79 Å². The molecule has 0 radical (unpaired) electrons. The van der Waals surface area contributed by atoms with Crippen LogP contribution in [0.15, 0.2) is 29.2 Å². The highest BCUT2D eigenvalue weighted by molar-refractivity contribution is 5.76. The summed E-state index contributed by atoms with van der Waals surface area (Å²) in [7, 11) is 0. The van der Waals surface area contributed by atoms with Gasteiger partial charge in [0.1, 0.15) is 0 Å². The highest BCUT2D eigenvalue weighted by atomic mass is 16.1. The van der Waals surface area contributed by atoms with Crippen LogP contribution in [-0.4, -0.2) is 9.97 Å². The fourth-order valence-corrected chi connectivity index (χ4v) is 1.05. The molecular formula is C8H7N3O. The minimum Gasteiger partial charge on any atom is -0.397 e. The Kier molecular flexibility index (Phi) is 1.33. The quantitative estimate of drug-likeness (QED) is 0.591. The maximum Gasteiger partial charge on any atom is 0.248 e. The molecule has 4 nitrogen and oxygen atoms in total. The van der Waals surface area contributed by atoms with Crippen LogP contribution in [0.25, 0.3) is 11.0 Å². The van der Waals surface area contributed by atoms with E-state index in [0.717, 1.165) is 5.52 Å². The molecule has 0 saturated heterocycles. The van der Waals surface area contributed by atoms with Crippen LogP contribution in [-0.2, 0) is 0 Å². The van der Waals surface area contributed by atoms with Crippen molar-refractivity contribution in [2.75, 3.05) is 5.73 Å². The van der Waals surface area contributed by atoms with Crippen LogP contribution in [0.4, 0.5) is 5.69 Å². The minimum absolute atomic E-state index is 0.144. The number of nitrogen functional groups attached to an aromatic ring is 1. The number of nitrogens with two attached hydrogens (primary N) is 1. The number of aromatic amines is 1. The molecule has 0 bridgehead atoms. The number of pyridine rings is 2. The van der Waals surface area contributed by atoms with Crippen LogP contribution in [0.1, 0.15) is 0 Å². The van der Waals surface area contributed by atoms with Crippen molar-refractivity contribution in [2.24, 2.45) is 0 Å². The maximum atomic E-state index is 10.9. The molecule has 0 fully saturated rings. The van der Waals surface area contributed by atoms with E-state index in [1.807, 2.05) is 0 Å². The molecule has 12 heavy (non-hydrogen) atoms. The van der Waals surface area contributed by atoms with E-state index in [1.165, 1.54) is 6.07 Å². The van der Waals surface area contributed by atoms with Crippen LogP contribution >= 0.6 is 0 Å². The standard InChI is InChI=1S/C8H7N3O/c9-5-3-7-6(10-4-5)1-2-8(12)11-7/h1-4H,9H2,(H,11,12). The molecule has 0 amide bonds. The first-order valence-corrected chi connectivity index (χ1v) is 3.50. The van der Waals surface area contributed by atoms with Gasteiger partial charge in [0.25, 0.3) is 0 Å². The number of aromatic nitrogens is 2. The van der Waals surface area contributed by atoms with Gasteiger partial charge in [-0.3, -0.25) is 9.78 Å². The molecule has 0 unspecified atom stereocenters. The second kappa shape index (κ2) is 2.34. The lowest BCUT2D eigenvalue weighted by atomic mass is 10.3. The van der Waals surface area contributed by atoms with Crippen LogP contribution in [0.3, 0.4) is 0 Å². The maximum absolute atomic E-state index is 10.9. The summed E-state index contributed by atoms with van der Waals surface area (Å²) in [5.41, 5.74) is 7.30. The minimum atomic E-state index is -0.144. The van der Waals surface area contributed by atoms with Crippen molar-refractivity contribution >= 4 is 16.7 Å². The molecular weight excluding hydrogens is 154 g/mol. The highest BCUT2D eigenvalue weighted by Crippen LogP contribution is 2.08. The molecule has 3 N–H and O–H groups in total. The Hall–Kier alpha value is -1.84. The van der Waals surface area contributed by atoms with Crippen molar-refractivity contribution in [3.05, 3.63) is 34.7 Å². The van der Waals surface area contributed by atoms with Gasteiger partial charge in [0, 0.05) is 6.07 Å². The van der Waals surface area contributed by atoms with Crippen molar-refractivity contribution in [3.8, 4) is 0 Å². The van der Waals surface area contributed by atoms with E-state index < -0.39 is 0 Å². The Balaban J connectivity index is 2.89. The van der Waals surface area contributed by atoms with Gasteiger partial charge in [-0.2, -0.15) is 0 Å². The van der Waals surface area contributed by atoms with Gasteiger partial charge in [0.05, 0.1) is 22.9 Å². The molecule has 2 rings (SSSR count). The lowest BCUT2D eigenvalue weighted by Gasteiger charge is -1.96. The first-order chi connectivity index (χ1) is 5.75. The Morgan fingerprint density at radius 1 is 1.42 bits per heavy atom. The molecule has 0 aliphatic rings. The van der Waals surface area contributed by atoms with Gasteiger partial charge in [0.15, 0.2) is 0 Å². The number of hydrogen-bond donors (Lipinski definition) is 2. The third-order valence-corrected chi connectivity index (χ3v) is 1.59. The fraction of sp³-hybridized carbons (Fsp3) is 0. The van der Waals surface area contributed by atoms with Gasteiger partial charge >= 0.3 is 0 Å². The molecule has 0 spiro atoms. The molecule has 2 aromatic heterocycles.